The highest BCUT2D eigenvalue weighted by Crippen LogP contribution is 2.27. The second-order valence-electron chi connectivity index (χ2n) is 4.37. The molecule has 1 aromatic rings. The molecule has 0 aliphatic carbocycles. The van der Waals surface area contributed by atoms with E-state index in [9.17, 15) is 0 Å². The van der Waals surface area contributed by atoms with Gasteiger partial charge >= 0.3 is 0 Å². The van der Waals surface area contributed by atoms with Crippen LogP contribution in [0.5, 0.6) is 5.75 Å². The number of benzene rings is 1. The molecule has 0 bridgehead atoms. The first-order valence-electron chi connectivity index (χ1n) is 6.71. The zero-order valence-corrected chi connectivity index (χ0v) is 12.6. The lowest BCUT2D eigenvalue weighted by Gasteiger charge is -2.19. The van der Waals surface area contributed by atoms with E-state index >= 15 is 0 Å². The number of nitrogens with one attached hydrogen (secondary N) is 1. The third kappa shape index (κ3) is 4.91. The minimum Gasteiger partial charge on any atom is -0.496 e. The number of hydrogen-bond acceptors (Lipinski definition) is 3. The largest absolute Gasteiger partial charge is 0.496 e. The average molecular weight is 267 g/mol. The summed E-state index contributed by atoms with van der Waals surface area (Å²) in [5.41, 5.74) is 1.26. The molecule has 0 aliphatic rings. The van der Waals surface area contributed by atoms with Gasteiger partial charge < -0.3 is 10.1 Å². The van der Waals surface area contributed by atoms with Crippen molar-refractivity contribution >= 4 is 11.8 Å². The van der Waals surface area contributed by atoms with Gasteiger partial charge in [0.05, 0.1) is 7.11 Å². The normalized spacial score (nSPS) is 12.4. The van der Waals surface area contributed by atoms with Gasteiger partial charge in [-0.15, -0.1) is 0 Å². The molecule has 3 heteroatoms. The van der Waals surface area contributed by atoms with Crippen LogP contribution in [0.15, 0.2) is 24.3 Å². The Balaban J connectivity index is 2.49. The molecule has 1 atom stereocenters. The van der Waals surface area contributed by atoms with Crippen LogP contribution in [0.2, 0.25) is 0 Å². The highest BCUT2D eigenvalue weighted by molar-refractivity contribution is 7.99. The Morgan fingerprint density at radius 3 is 2.72 bits per heavy atom. The van der Waals surface area contributed by atoms with E-state index in [1.807, 2.05) is 30.9 Å². The average Bonchev–Trinajstić information content (AvgIpc) is 2.43. The van der Waals surface area contributed by atoms with Crippen molar-refractivity contribution in [1.29, 1.82) is 0 Å². The summed E-state index contributed by atoms with van der Waals surface area (Å²) in [6.07, 6.45) is 3.96. The number of unbranched alkanes of at least 4 members (excludes halogenated alkanes) is 2. The van der Waals surface area contributed by atoms with Crippen molar-refractivity contribution in [1.82, 2.24) is 5.32 Å². The van der Waals surface area contributed by atoms with Gasteiger partial charge in [-0.05, 0) is 25.3 Å². The van der Waals surface area contributed by atoms with Gasteiger partial charge in [-0.2, -0.15) is 11.8 Å². The van der Waals surface area contributed by atoms with Crippen LogP contribution in [-0.2, 0) is 0 Å². The minimum absolute atomic E-state index is 0.368. The molecule has 1 N–H and O–H groups in total. The molecule has 1 aromatic carbocycles. The quantitative estimate of drug-likeness (QED) is 0.686. The maximum absolute atomic E-state index is 5.42. The van der Waals surface area contributed by atoms with Crippen molar-refractivity contribution in [3.05, 3.63) is 29.8 Å². The Labute approximate surface area is 116 Å². The molecule has 0 spiro atoms. The van der Waals surface area contributed by atoms with E-state index in [1.54, 1.807) is 7.11 Å². The first kappa shape index (κ1) is 15.4. The number of methoxy groups -OCH3 is 1. The first-order chi connectivity index (χ1) is 8.83. The third-order valence-corrected chi connectivity index (χ3v) is 4.19. The molecule has 0 aromatic heterocycles. The molecule has 1 rings (SSSR count). The predicted molar refractivity (Wildman–Crippen MR) is 81.6 cm³/mol. The summed E-state index contributed by atoms with van der Waals surface area (Å²) >= 11 is 2.02. The molecule has 0 saturated heterocycles. The second-order valence-corrected chi connectivity index (χ2v) is 5.52. The zero-order chi connectivity index (χ0) is 13.2. The van der Waals surface area contributed by atoms with Crippen LogP contribution >= 0.6 is 11.8 Å². The maximum atomic E-state index is 5.42. The van der Waals surface area contributed by atoms with E-state index in [2.05, 4.69) is 24.4 Å². The summed E-state index contributed by atoms with van der Waals surface area (Å²) in [4.78, 5) is 0. The van der Waals surface area contributed by atoms with Gasteiger partial charge in [0.25, 0.3) is 0 Å². The van der Waals surface area contributed by atoms with E-state index in [0.29, 0.717) is 6.04 Å². The van der Waals surface area contributed by atoms with Crippen LogP contribution in [0.3, 0.4) is 0 Å². The van der Waals surface area contributed by atoms with Crippen LogP contribution in [0.25, 0.3) is 0 Å². The number of para-hydroxylation sites is 1. The molecular weight excluding hydrogens is 242 g/mol. The Morgan fingerprint density at radius 1 is 1.28 bits per heavy atom. The van der Waals surface area contributed by atoms with Crippen molar-refractivity contribution in [2.45, 2.75) is 32.2 Å². The van der Waals surface area contributed by atoms with E-state index in [0.717, 1.165) is 11.5 Å². The molecule has 0 fully saturated rings. The van der Waals surface area contributed by atoms with Crippen LogP contribution in [0.4, 0.5) is 0 Å². The summed E-state index contributed by atoms with van der Waals surface area (Å²) in [5.74, 6) is 3.33. The van der Waals surface area contributed by atoms with E-state index in [1.165, 1.54) is 30.6 Å². The highest BCUT2D eigenvalue weighted by Gasteiger charge is 2.13. The van der Waals surface area contributed by atoms with Crippen molar-refractivity contribution in [3.63, 3.8) is 0 Å². The topological polar surface area (TPSA) is 21.3 Å². The van der Waals surface area contributed by atoms with Gasteiger partial charge in [-0.25, -0.2) is 0 Å². The van der Waals surface area contributed by atoms with Gasteiger partial charge in [-0.3, -0.25) is 0 Å². The van der Waals surface area contributed by atoms with E-state index in [4.69, 9.17) is 4.74 Å². The number of hydrogen-bond donors (Lipinski definition) is 1. The Hall–Kier alpha value is -0.670. The fraction of sp³-hybridized carbons (Fsp3) is 0.600. The van der Waals surface area contributed by atoms with Crippen LogP contribution in [0, 0.1) is 0 Å². The lowest BCUT2D eigenvalue weighted by molar-refractivity contribution is 0.404. The van der Waals surface area contributed by atoms with Crippen LogP contribution < -0.4 is 10.1 Å². The lowest BCUT2D eigenvalue weighted by Crippen LogP contribution is -2.19. The van der Waals surface area contributed by atoms with Gasteiger partial charge in [0.2, 0.25) is 0 Å². The number of thioether (sulfide) groups is 1. The summed E-state index contributed by atoms with van der Waals surface area (Å²) < 4.78 is 5.42. The fourth-order valence-corrected chi connectivity index (χ4v) is 3.10. The molecule has 1 unspecified atom stereocenters. The molecule has 0 saturated carbocycles. The smallest absolute Gasteiger partial charge is 0.123 e. The van der Waals surface area contributed by atoms with Crippen molar-refractivity contribution in [2.24, 2.45) is 0 Å². The number of ether oxygens (including phenoxy) is 1. The summed E-state index contributed by atoms with van der Waals surface area (Å²) in [5, 5.41) is 3.38. The maximum Gasteiger partial charge on any atom is 0.123 e. The third-order valence-electron chi connectivity index (χ3n) is 3.04. The minimum atomic E-state index is 0.368. The highest BCUT2D eigenvalue weighted by atomic mass is 32.2. The first-order valence-corrected chi connectivity index (χ1v) is 7.86. The lowest BCUT2D eigenvalue weighted by atomic mass is 10.1. The van der Waals surface area contributed by atoms with Gasteiger partial charge in [0.1, 0.15) is 5.75 Å². The molecule has 0 heterocycles. The van der Waals surface area contributed by atoms with Crippen molar-refractivity contribution < 1.29 is 4.74 Å². The van der Waals surface area contributed by atoms with Gasteiger partial charge in [0, 0.05) is 17.4 Å². The standard InChI is InChI=1S/C15H25NOS/c1-4-5-8-11-18-12-14(16-2)13-9-6-7-10-15(13)17-3/h6-7,9-10,14,16H,4-5,8,11-12H2,1-3H3. The second kappa shape index (κ2) is 9.29. The molecule has 102 valence electrons. The van der Waals surface area contributed by atoms with Gasteiger partial charge in [-0.1, -0.05) is 38.0 Å². The van der Waals surface area contributed by atoms with Gasteiger partial charge in [0.15, 0.2) is 0 Å². The van der Waals surface area contributed by atoms with Crippen molar-refractivity contribution in [3.8, 4) is 5.75 Å². The zero-order valence-electron chi connectivity index (χ0n) is 11.7. The Kier molecular flexibility index (Phi) is 7.94. The molecular formula is C15H25NOS. The SMILES string of the molecule is CCCCCSCC(NC)c1ccccc1OC. The fourth-order valence-electron chi connectivity index (χ4n) is 1.94. The molecule has 18 heavy (non-hydrogen) atoms. The molecule has 0 amide bonds. The summed E-state index contributed by atoms with van der Waals surface area (Å²) in [6.45, 7) is 2.25. The molecule has 2 nitrogen and oxygen atoms in total. The molecule has 0 aliphatic heterocycles. The Bertz CT molecular complexity index is 330. The summed E-state index contributed by atoms with van der Waals surface area (Å²) in [6, 6.07) is 8.63. The monoisotopic (exact) mass is 267 g/mol. The Morgan fingerprint density at radius 2 is 2.06 bits per heavy atom. The van der Waals surface area contributed by atoms with Crippen LogP contribution in [-0.4, -0.2) is 25.7 Å². The summed E-state index contributed by atoms with van der Waals surface area (Å²) in [7, 11) is 3.75. The number of rotatable bonds is 9. The van der Waals surface area contributed by atoms with Crippen molar-refractivity contribution in [2.75, 3.05) is 25.7 Å². The molecule has 0 radical (unpaired) electrons. The predicted octanol–water partition coefficient (Wildman–Crippen LogP) is 3.88. The van der Waals surface area contributed by atoms with E-state index < -0.39 is 0 Å². The van der Waals surface area contributed by atoms with Crippen LogP contribution in [0.1, 0.15) is 37.8 Å². The van der Waals surface area contributed by atoms with E-state index in [-0.39, 0.29) is 0 Å².